The molecule has 8 atom stereocenters. The van der Waals surface area contributed by atoms with Crippen molar-refractivity contribution < 1.29 is 15.3 Å². The molecular formula is C22H34O3. The zero-order valence-corrected chi connectivity index (χ0v) is 15.9. The van der Waals surface area contributed by atoms with Crippen molar-refractivity contribution in [2.45, 2.75) is 71.5 Å². The average Bonchev–Trinajstić information content (AvgIpc) is 2.93. The Kier molecular flexibility index (Phi) is 4.22. The minimum absolute atomic E-state index is 0.203. The summed E-state index contributed by atoms with van der Waals surface area (Å²) in [5.41, 5.74) is 2.87. The van der Waals surface area contributed by atoms with Crippen LogP contribution in [0.4, 0.5) is 0 Å². The first-order valence-electron chi connectivity index (χ1n) is 10.2. The van der Waals surface area contributed by atoms with Crippen molar-refractivity contribution in [3.8, 4) is 0 Å². The first-order chi connectivity index (χ1) is 11.8. The van der Waals surface area contributed by atoms with E-state index in [-0.39, 0.29) is 17.4 Å². The highest BCUT2D eigenvalue weighted by atomic mass is 16.3. The summed E-state index contributed by atoms with van der Waals surface area (Å²) in [6.07, 6.45) is 9.64. The van der Waals surface area contributed by atoms with Gasteiger partial charge in [-0.25, -0.2) is 0 Å². The minimum atomic E-state index is -0.450. The molecule has 0 heterocycles. The molecule has 0 aromatic heterocycles. The topological polar surface area (TPSA) is 60.7 Å². The number of aliphatic hydroxyl groups is 3. The Morgan fingerprint density at radius 2 is 1.88 bits per heavy atom. The maximum Gasteiger partial charge on any atom is 0.0661 e. The summed E-state index contributed by atoms with van der Waals surface area (Å²) in [4.78, 5) is 0. The molecule has 3 fully saturated rings. The fourth-order valence-electron chi connectivity index (χ4n) is 7.15. The molecular weight excluding hydrogens is 312 g/mol. The van der Waals surface area contributed by atoms with Crippen molar-refractivity contribution in [2.24, 2.45) is 34.5 Å². The van der Waals surface area contributed by atoms with Crippen LogP contribution < -0.4 is 0 Å². The van der Waals surface area contributed by atoms with Crippen molar-refractivity contribution in [2.75, 3.05) is 6.61 Å². The van der Waals surface area contributed by atoms with Gasteiger partial charge < -0.3 is 15.3 Å². The van der Waals surface area contributed by atoms with Crippen LogP contribution in [-0.4, -0.2) is 34.1 Å². The van der Waals surface area contributed by atoms with E-state index in [0.717, 1.165) is 6.42 Å². The molecule has 3 saturated carbocycles. The van der Waals surface area contributed by atoms with Crippen LogP contribution in [0.2, 0.25) is 0 Å². The molecule has 0 bridgehead atoms. The van der Waals surface area contributed by atoms with Crippen LogP contribution >= 0.6 is 0 Å². The van der Waals surface area contributed by atoms with E-state index in [1.807, 2.05) is 0 Å². The lowest BCUT2D eigenvalue weighted by molar-refractivity contribution is -0.0551. The quantitative estimate of drug-likeness (QED) is 0.718. The van der Waals surface area contributed by atoms with Crippen molar-refractivity contribution in [3.63, 3.8) is 0 Å². The fraction of sp³-hybridized carbons (Fsp3) is 0.818. The third-order valence-corrected chi connectivity index (χ3v) is 8.70. The largest absolute Gasteiger partial charge is 0.396 e. The van der Waals surface area contributed by atoms with Gasteiger partial charge in [0, 0.05) is 18.4 Å². The maximum absolute atomic E-state index is 10.9. The number of allylic oxidation sites excluding steroid dienone is 3. The summed E-state index contributed by atoms with van der Waals surface area (Å²) in [6, 6.07) is 0. The van der Waals surface area contributed by atoms with E-state index in [4.69, 9.17) is 0 Å². The van der Waals surface area contributed by atoms with Crippen molar-refractivity contribution >= 4 is 0 Å². The average molecular weight is 347 g/mol. The van der Waals surface area contributed by atoms with E-state index in [1.165, 1.54) is 24.8 Å². The highest BCUT2D eigenvalue weighted by Crippen LogP contribution is 2.65. The van der Waals surface area contributed by atoms with Crippen LogP contribution in [0, 0.1) is 34.5 Å². The zero-order chi connectivity index (χ0) is 18.0. The fourth-order valence-corrected chi connectivity index (χ4v) is 7.15. The molecule has 3 nitrogen and oxygen atoms in total. The van der Waals surface area contributed by atoms with E-state index in [0.29, 0.717) is 36.5 Å². The van der Waals surface area contributed by atoms with Crippen molar-refractivity contribution in [3.05, 3.63) is 23.3 Å². The Hall–Kier alpha value is -0.640. The van der Waals surface area contributed by atoms with Gasteiger partial charge in [0.2, 0.25) is 0 Å². The van der Waals surface area contributed by atoms with Gasteiger partial charge in [0.15, 0.2) is 0 Å². The number of rotatable bonds is 2. The summed E-state index contributed by atoms with van der Waals surface area (Å²) in [5, 5.41) is 30.7. The lowest BCUT2D eigenvalue weighted by Gasteiger charge is -2.56. The normalized spacial score (nSPS) is 50.2. The molecule has 140 valence electrons. The highest BCUT2D eigenvalue weighted by molar-refractivity contribution is 5.40. The predicted octanol–water partition coefficient (Wildman–Crippen LogP) is 3.45. The van der Waals surface area contributed by atoms with Gasteiger partial charge in [-0.1, -0.05) is 44.1 Å². The van der Waals surface area contributed by atoms with Crippen molar-refractivity contribution in [1.82, 2.24) is 0 Å². The molecule has 0 unspecified atom stereocenters. The number of hydrogen-bond donors (Lipinski definition) is 3. The molecule has 3 heteroatoms. The smallest absolute Gasteiger partial charge is 0.0661 e. The number of aliphatic hydroxyl groups excluding tert-OH is 3. The molecule has 0 aromatic carbocycles. The molecule has 0 amide bonds. The van der Waals surface area contributed by atoms with Crippen LogP contribution in [0.15, 0.2) is 23.3 Å². The van der Waals surface area contributed by atoms with Crippen LogP contribution in [-0.2, 0) is 0 Å². The molecule has 4 aliphatic carbocycles. The summed E-state index contributed by atoms with van der Waals surface area (Å²) < 4.78 is 0. The molecule has 4 aliphatic rings. The van der Waals surface area contributed by atoms with Crippen LogP contribution in [0.25, 0.3) is 0 Å². The van der Waals surface area contributed by atoms with Gasteiger partial charge in [0.05, 0.1) is 12.2 Å². The Morgan fingerprint density at radius 3 is 2.60 bits per heavy atom. The number of fused-ring (bicyclic) bond motifs is 5. The van der Waals surface area contributed by atoms with Gasteiger partial charge in [0.25, 0.3) is 0 Å². The molecule has 0 aromatic rings. The SMILES string of the molecule is C[C@H](CO)[C@H]1CC[C@H]2C3=CC=C4C[C@@H](O)C[C@H](O)[C@]4(C)[C@H]3CC[C@]12C. The van der Waals surface area contributed by atoms with Gasteiger partial charge in [-0.15, -0.1) is 0 Å². The molecule has 4 rings (SSSR count). The van der Waals surface area contributed by atoms with E-state index in [9.17, 15) is 15.3 Å². The Labute approximate surface area is 151 Å². The minimum Gasteiger partial charge on any atom is -0.396 e. The Bertz CT molecular complexity index is 608. The van der Waals surface area contributed by atoms with E-state index >= 15 is 0 Å². The zero-order valence-electron chi connectivity index (χ0n) is 15.9. The first-order valence-corrected chi connectivity index (χ1v) is 10.2. The summed E-state index contributed by atoms with van der Waals surface area (Å²) in [5.74, 6) is 1.96. The molecule has 3 N–H and O–H groups in total. The lowest BCUT2D eigenvalue weighted by atomic mass is 9.49. The second-order valence-corrected chi connectivity index (χ2v) is 9.74. The van der Waals surface area contributed by atoms with Crippen molar-refractivity contribution in [1.29, 1.82) is 0 Å². The predicted molar refractivity (Wildman–Crippen MR) is 98.8 cm³/mol. The van der Waals surface area contributed by atoms with Gasteiger partial charge in [-0.2, -0.15) is 0 Å². The molecule has 25 heavy (non-hydrogen) atoms. The molecule has 0 aliphatic heterocycles. The third-order valence-electron chi connectivity index (χ3n) is 8.70. The third kappa shape index (κ3) is 2.35. The summed E-state index contributed by atoms with van der Waals surface area (Å²) in [6.45, 7) is 7.17. The van der Waals surface area contributed by atoms with Gasteiger partial charge in [-0.05, 0) is 61.2 Å². The standard InChI is InChI=1S/C22H34O3/c1-13(12-23)17-6-7-18-16-5-4-14-10-15(24)11-20(25)22(14,3)19(16)8-9-21(17,18)2/h4-5,13,15,17-20,23-25H,6-12H2,1-3H3/t13-,15-,17-,18+,19+,20+,21-,22+/m1/s1. The molecule has 0 radical (unpaired) electrons. The highest BCUT2D eigenvalue weighted by Gasteiger charge is 2.58. The van der Waals surface area contributed by atoms with Gasteiger partial charge in [0.1, 0.15) is 0 Å². The molecule has 0 spiro atoms. The van der Waals surface area contributed by atoms with Gasteiger partial charge >= 0.3 is 0 Å². The maximum atomic E-state index is 10.9. The summed E-state index contributed by atoms with van der Waals surface area (Å²) in [7, 11) is 0. The number of hydrogen-bond acceptors (Lipinski definition) is 3. The Morgan fingerprint density at radius 1 is 1.12 bits per heavy atom. The van der Waals surface area contributed by atoms with Crippen LogP contribution in [0.1, 0.15) is 59.3 Å². The monoisotopic (exact) mass is 346 g/mol. The van der Waals surface area contributed by atoms with Crippen LogP contribution in [0.3, 0.4) is 0 Å². The van der Waals surface area contributed by atoms with E-state index in [1.54, 1.807) is 5.57 Å². The second kappa shape index (κ2) is 5.94. The van der Waals surface area contributed by atoms with E-state index in [2.05, 4.69) is 32.9 Å². The van der Waals surface area contributed by atoms with Gasteiger partial charge in [-0.3, -0.25) is 0 Å². The lowest BCUT2D eigenvalue weighted by Crippen LogP contribution is -2.52. The first kappa shape index (κ1) is 17.8. The van der Waals surface area contributed by atoms with Crippen LogP contribution in [0.5, 0.6) is 0 Å². The second-order valence-electron chi connectivity index (χ2n) is 9.74. The van der Waals surface area contributed by atoms with E-state index < -0.39 is 12.2 Å². The summed E-state index contributed by atoms with van der Waals surface area (Å²) >= 11 is 0. The molecule has 0 saturated heterocycles. The Balaban J connectivity index is 1.71.